The summed E-state index contributed by atoms with van der Waals surface area (Å²) >= 11 is 5.86. The van der Waals surface area contributed by atoms with Gasteiger partial charge in [-0.2, -0.15) is 4.72 Å². The van der Waals surface area contributed by atoms with Gasteiger partial charge >= 0.3 is 0 Å². The molecule has 0 heterocycles. The number of rotatable bonds is 11. The molecule has 0 fully saturated rings. The molecule has 0 bridgehead atoms. The van der Waals surface area contributed by atoms with E-state index in [0.717, 1.165) is 24.8 Å². The van der Waals surface area contributed by atoms with E-state index in [0.29, 0.717) is 11.6 Å². The molecular weight excluding hydrogens is 444 g/mol. The third-order valence-corrected chi connectivity index (χ3v) is 6.74. The van der Waals surface area contributed by atoms with Gasteiger partial charge in [0.2, 0.25) is 15.9 Å². The van der Waals surface area contributed by atoms with Crippen molar-refractivity contribution in [2.75, 3.05) is 6.54 Å². The van der Waals surface area contributed by atoms with Gasteiger partial charge in [0, 0.05) is 11.6 Å². The lowest BCUT2D eigenvalue weighted by molar-refractivity contribution is -0.122. The number of unbranched alkanes of at least 4 members (excludes halogenated alkanes) is 1. The molecule has 0 aromatic heterocycles. The lowest BCUT2D eigenvalue weighted by Gasteiger charge is -2.19. The van der Waals surface area contributed by atoms with Crippen molar-refractivity contribution in [3.05, 3.63) is 101 Å². The maximum Gasteiger partial charge on any atom is 0.241 e. The van der Waals surface area contributed by atoms with Crippen LogP contribution >= 0.6 is 11.6 Å². The normalized spacial score (nSPS) is 12.3. The Kier molecular flexibility index (Phi) is 8.85. The van der Waals surface area contributed by atoms with Gasteiger partial charge in [0.05, 0.1) is 4.90 Å². The first kappa shape index (κ1) is 24.0. The molecule has 0 aliphatic rings. The lowest BCUT2D eigenvalue weighted by Crippen LogP contribution is -2.48. The van der Waals surface area contributed by atoms with Gasteiger partial charge in [0.15, 0.2) is 0 Å². The number of carbonyl (C=O) groups is 1. The molecule has 0 aliphatic carbocycles. The van der Waals surface area contributed by atoms with Crippen LogP contribution in [0.3, 0.4) is 0 Å². The summed E-state index contributed by atoms with van der Waals surface area (Å²) in [5.41, 5.74) is 2.10. The van der Waals surface area contributed by atoms with Crippen LogP contribution < -0.4 is 10.0 Å². The standard InChI is InChI=1S/C25H26ClN2O3S/c26-22-14-16-23(17-15-22)32(30,31)28-24(19-21-12-5-2-6-13-21)25(29)27-18-8-7-11-20-9-3-1-4-10-20/h1,3-6,9-10,12-17,24,28H,7-8,11,18-19H2,(H,27,29). The second-order valence-corrected chi connectivity index (χ2v) is 9.62. The summed E-state index contributed by atoms with van der Waals surface area (Å²) in [5, 5.41) is 3.32. The largest absolute Gasteiger partial charge is 0.355 e. The highest BCUT2D eigenvalue weighted by atomic mass is 35.5. The predicted octanol–water partition coefficient (Wildman–Crippen LogP) is 4.17. The molecular formula is C25H26ClN2O3S. The number of sulfonamides is 1. The summed E-state index contributed by atoms with van der Waals surface area (Å²) in [6, 6.07) is 25.1. The van der Waals surface area contributed by atoms with E-state index in [2.05, 4.69) is 28.2 Å². The van der Waals surface area contributed by atoms with Crippen molar-refractivity contribution < 1.29 is 13.2 Å². The molecule has 0 saturated carbocycles. The zero-order chi connectivity index (χ0) is 22.8. The number of hydrogen-bond donors (Lipinski definition) is 2. The van der Waals surface area contributed by atoms with E-state index in [4.69, 9.17) is 11.6 Å². The fraction of sp³-hybridized carbons (Fsp3) is 0.240. The Morgan fingerprint density at radius 3 is 2.28 bits per heavy atom. The van der Waals surface area contributed by atoms with Crippen molar-refractivity contribution in [1.82, 2.24) is 10.0 Å². The first-order chi connectivity index (χ1) is 15.4. The highest BCUT2D eigenvalue weighted by Gasteiger charge is 2.26. The second-order valence-electron chi connectivity index (χ2n) is 7.47. The van der Waals surface area contributed by atoms with E-state index in [1.807, 2.05) is 30.3 Å². The van der Waals surface area contributed by atoms with E-state index in [1.165, 1.54) is 29.8 Å². The van der Waals surface area contributed by atoms with Gasteiger partial charge in [-0.1, -0.05) is 66.2 Å². The van der Waals surface area contributed by atoms with Crippen molar-refractivity contribution >= 4 is 27.5 Å². The summed E-state index contributed by atoms with van der Waals surface area (Å²) < 4.78 is 28.2. The molecule has 5 nitrogen and oxygen atoms in total. The Morgan fingerprint density at radius 2 is 1.59 bits per heavy atom. The number of benzene rings is 3. The van der Waals surface area contributed by atoms with Crippen LogP contribution in [0, 0.1) is 6.07 Å². The molecule has 167 valence electrons. The topological polar surface area (TPSA) is 75.3 Å². The highest BCUT2D eigenvalue weighted by molar-refractivity contribution is 7.89. The first-order valence-corrected chi connectivity index (χ1v) is 12.3. The van der Waals surface area contributed by atoms with Crippen LogP contribution in [-0.4, -0.2) is 26.9 Å². The Balaban J connectivity index is 1.61. The van der Waals surface area contributed by atoms with Crippen molar-refractivity contribution in [1.29, 1.82) is 0 Å². The van der Waals surface area contributed by atoms with E-state index in [-0.39, 0.29) is 17.2 Å². The second kappa shape index (κ2) is 11.8. The molecule has 1 atom stereocenters. The maximum absolute atomic E-state index is 12.9. The van der Waals surface area contributed by atoms with Crippen LogP contribution in [0.25, 0.3) is 0 Å². The summed E-state index contributed by atoms with van der Waals surface area (Å²) in [6.45, 7) is 0.480. The third-order valence-electron chi connectivity index (χ3n) is 5.00. The Morgan fingerprint density at radius 1 is 0.906 bits per heavy atom. The summed E-state index contributed by atoms with van der Waals surface area (Å²) in [4.78, 5) is 12.9. The minimum atomic E-state index is -3.89. The average Bonchev–Trinajstić information content (AvgIpc) is 2.80. The number of amides is 1. The van der Waals surface area contributed by atoms with Gasteiger partial charge in [0.25, 0.3) is 0 Å². The van der Waals surface area contributed by atoms with Gasteiger partial charge in [-0.3, -0.25) is 4.79 Å². The molecule has 1 amide bonds. The van der Waals surface area contributed by atoms with Crippen molar-refractivity contribution in [3.8, 4) is 0 Å². The van der Waals surface area contributed by atoms with Crippen LogP contribution in [0.4, 0.5) is 0 Å². The van der Waals surface area contributed by atoms with Gasteiger partial charge < -0.3 is 5.32 Å². The summed E-state index contributed by atoms with van der Waals surface area (Å²) in [5.74, 6) is -0.352. The monoisotopic (exact) mass is 469 g/mol. The van der Waals surface area contributed by atoms with Gasteiger partial charge in [-0.15, -0.1) is 0 Å². The third kappa shape index (κ3) is 7.48. The Bertz CT molecular complexity index is 1090. The van der Waals surface area contributed by atoms with Gasteiger partial charge in [-0.05, 0) is 67.1 Å². The molecule has 7 heteroatoms. The summed E-state index contributed by atoms with van der Waals surface area (Å²) in [7, 11) is -3.89. The Labute approximate surface area is 194 Å². The number of nitrogens with one attached hydrogen (secondary N) is 2. The Hall–Kier alpha value is -2.67. The smallest absolute Gasteiger partial charge is 0.241 e. The van der Waals surface area contributed by atoms with Crippen molar-refractivity contribution in [2.24, 2.45) is 0 Å². The van der Waals surface area contributed by atoms with Crippen LogP contribution in [0.2, 0.25) is 5.02 Å². The van der Waals surface area contributed by atoms with E-state index < -0.39 is 16.1 Å². The lowest BCUT2D eigenvalue weighted by atomic mass is 10.1. The van der Waals surface area contributed by atoms with Crippen molar-refractivity contribution in [3.63, 3.8) is 0 Å². The molecule has 3 aromatic rings. The molecule has 1 unspecified atom stereocenters. The maximum atomic E-state index is 12.9. The first-order valence-electron chi connectivity index (χ1n) is 10.5. The van der Waals surface area contributed by atoms with Crippen molar-refractivity contribution in [2.45, 2.75) is 36.6 Å². The molecule has 1 radical (unpaired) electrons. The van der Waals surface area contributed by atoms with Crippen LogP contribution in [0.15, 0.2) is 83.8 Å². The quantitative estimate of drug-likeness (QED) is 0.414. The van der Waals surface area contributed by atoms with Crippen LogP contribution in [-0.2, 0) is 27.7 Å². The predicted molar refractivity (Wildman–Crippen MR) is 127 cm³/mol. The highest BCUT2D eigenvalue weighted by Crippen LogP contribution is 2.15. The number of hydrogen-bond acceptors (Lipinski definition) is 3. The molecule has 2 N–H and O–H groups in total. The zero-order valence-electron chi connectivity index (χ0n) is 17.6. The fourth-order valence-electron chi connectivity index (χ4n) is 3.28. The molecule has 0 saturated heterocycles. The number of halogens is 1. The molecule has 3 rings (SSSR count). The minimum Gasteiger partial charge on any atom is -0.355 e. The molecule has 3 aromatic carbocycles. The van der Waals surface area contributed by atoms with Gasteiger partial charge in [-0.25, -0.2) is 8.42 Å². The minimum absolute atomic E-state index is 0.0592. The number of aryl methyl sites for hydroxylation is 1. The molecule has 0 aliphatic heterocycles. The number of carbonyl (C=O) groups excluding carboxylic acids is 1. The van der Waals surface area contributed by atoms with Crippen LogP contribution in [0.1, 0.15) is 24.0 Å². The van der Waals surface area contributed by atoms with E-state index in [1.54, 1.807) is 12.1 Å². The van der Waals surface area contributed by atoms with E-state index >= 15 is 0 Å². The van der Waals surface area contributed by atoms with Gasteiger partial charge in [0.1, 0.15) is 6.04 Å². The average molecular weight is 470 g/mol. The SMILES string of the molecule is O=C(NCCCCc1ccccc1)C(Cc1cc[c]cc1)NS(=O)(=O)c1ccc(Cl)cc1. The van der Waals surface area contributed by atoms with E-state index in [9.17, 15) is 13.2 Å². The molecule has 32 heavy (non-hydrogen) atoms. The summed E-state index contributed by atoms with van der Waals surface area (Å²) in [6.07, 6.45) is 2.90. The zero-order valence-corrected chi connectivity index (χ0v) is 19.2. The van der Waals surface area contributed by atoms with Crippen LogP contribution in [0.5, 0.6) is 0 Å². The molecule has 0 spiro atoms. The fourth-order valence-corrected chi connectivity index (χ4v) is 4.61.